The first-order valence-corrected chi connectivity index (χ1v) is 7.66. The van der Waals surface area contributed by atoms with Crippen LogP contribution in [-0.2, 0) is 19.0 Å². The predicted molar refractivity (Wildman–Crippen MR) is 78.9 cm³/mol. The molecule has 4 heterocycles. The molecule has 2 aromatic rings. The van der Waals surface area contributed by atoms with Gasteiger partial charge >= 0.3 is 0 Å². The molecule has 0 aliphatic carbocycles. The van der Waals surface area contributed by atoms with Crippen LogP contribution in [0.1, 0.15) is 20.1 Å². The molecule has 0 radical (unpaired) electrons. The Hall–Kier alpha value is -1.32. The number of halogens is 2. The molecule has 8 nitrogen and oxygen atoms in total. The number of hydrogen-bond acceptors (Lipinski definition) is 7. The Morgan fingerprint density at radius 3 is 2.74 bits per heavy atom. The van der Waals surface area contributed by atoms with Crippen LogP contribution < -0.4 is 0 Å². The second-order valence-electron chi connectivity index (χ2n) is 5.80. The van der Waals surface area contributed by atoms with Gasteiger partial charge in [-0.1, -0.05) is 11.6 Å². The van der Waals surface area contributed by atoms with Gasteiger partial charge in [0.2, 0.25) is 0 Å². The van der Waals surface area contributed by atoms with Gasteiger partial charge in [0.15, 0.2) is 28.9 Å². The van der Waals surface area contributed by atoms with Crippen molar-refractivity contribution >= 4 is 39.6 Å². The van der Waals surface area contributed by atoms with Gasteiger partial charge in [-0.3, -0.25) is 9.36 Å². The number of carbonyl (C=O) groups excluding carboxylic acids is 1. The molecule has 2 aliphatic rings. The maximum absolute atomic E-state index is 11.7. The average molecular weight is 359 g/mol. The minimum Gasteiger partial charge on any atom is -0.341 e. The van der Waals surface area contributed by atoms with Crippen molar-refractivity contribution in [1.29, 1.82) is 0 Å². The van der Waals surface area contributed by atoms with Crippen molar-refractivity contribution < 1.29 is 19.0 Å². The molecule has 2 saturated heterocycles. The minimum atomic E-state index is -0.928. The summed E-state index contributed by atoms with van der Waals surface area (Å²) in [6.45, 7) is 3.53. The summed E-state index contributed by atoms with van der Waals surface area (Å²) in [4.78, 5) is 23.9. The minimum absolute atomic E-state index is 0.234. The fourth-order valence-electron chi connectivity index (χ4n) is 2.99. The Kier molecular flexibility index (Phi) is 3.37. The lowest BCUT2D eigenvalue weighted by molar-refractivity contribution is -0.195. The van der Waals surface area contributed by atoms with Gasteiger partial charge in [-0.05, 0) is 25.4 Å². The predicted octanol–water partition coefficient (Wildman–Crippen LogP) is 1.66. The maximum Gasteiger partial charge on any atom is 0.253 e. The summed E-state index contributed by atoms with van der Waals surface area (Å²) in [5, 5.41) is -0.405. The van der Waals surface area contributed by atoms with E-state index in [0.717, 1.165) is 0 Å². The molecule has 10 heteroatoms. The number of hydrogen-bond donors (Lipinski definition) is 0. The van der Waals surface area contributed by atoms with Crippen molar-refractivity contribution in [2.24, 2.45) is 0 Å². The molecule has 122 valence electrons. The number of carbonyl (C=O) groups is 1. The molecule has 0 saturated carbocycles. The molecule has 0 amide bonds. The van der Waals surface area contributed by atoms with E-state index in [1.165, 1.54) is 12.7 Å². The lowest BCUT2D eigenvalue weighted by atomic mass is 10.1. The van der Waals surface area contributed by atoms with Gasteiger partial charge in [-0.2, -0.15) is 0 Å². The SMILES string of the molecule is CC1(C)O[C@H]2C(C(=O)Cl)OC(n3cnc4c(Cl)ncnc43)[C@@H]2O1. The largest absolute Gasteiger partial charge is 0.341 e. The lowest BCUT2D eigenvalue weighted by Crippen LogP contribution is -2.33. The number of fused-ring (bicyclic) bond motifs is 2. The summed E-state index contributed by atoms with van der Waals surface area (Å²) >= 11 is 11.7. The maximum atomic E-state index is 11.7. The van der Waals surface area contributed by atoms with Crippen LogP contribution in [0, 0.1) is 0 Å². The third-order valence-corrected chi connectivity index (χ3v) is 4.33. The van der Waals surface area contributed by atoms with Crippen molar-refractivity contribution in [3.63, 3.8) is 0 Å². The van der Waals surface area contributed by atoms with Gasteiger partial charge in [0.1, 0.15) is 24.1 Å². The second-order valence-corrected chi connectivity index (χ2v) is 6.54. The molecule has 0 bridgehead atoms. The monoisotopic (exact) mass is 358 g/mol. The molecule has 4 atom stereocenters. The Morgan fingerprint density at radius 1 is 1.26 bits per heavy atom. The highest BCUT2D eigenvalue weighted by molar-refractivity contribution is 6.64. The number of aromatic nitrogens is 4. The first-order chi connectivity index (χ1) is 10.9. The van der Waals surface area contributed by atoms with Crippen molar-refractivity contribution in [3.05, 3.63) is 17.8 Å². The third-order valence-electron chi connectivity index (χ3n) is 3.84. The third kappa shape index (κ3) is 2.33. The standard InChI is InChI=1S/C13H12Cl2N4O4/c1-13(2)22-6-7(10(15)20)21-12(8(6)23-13)19-4-18-5-9(14)16-3-17-11(5)19/h3-4,6-8,12H,1-2H3/t6-,7?,8+,12?/m0/s1. The number of rotatable bonds is 2. The molecule has 2 aliphatic heterocycles. The van der Waals surface area contributed by atoms with E-state index in [1.54, 1.807) is 18.4 Å². The normalized spacial score (nSPS) is 32.3. The van der Waals surface area contributed by atoms with Crippen LogP contribution in [0.15, 0.2) is 12.7 Å². The molecule has 2 aromatic heterocycles. The van der Waals surface area contributed by atoms with Crippen molar-refractivity contribution in [2.45, 2.75) is 44.2 Å². The second kappa shape index (κ2) is 5.09. The fraction of sp³-hybridized carbons (Fsp3) is 0.538. The van der Waals surface area contributed by atoms with Gasteiger partial charge in [-0.15, -0.1) is 0 Å². The molecular weight excluding hydrogens is 347 g/mol. The molecule has 0 spiro atoms. The van der Waals surface area contributed by atoms with Crippen molar-refractivity contribution in [1.82, 2.24) is 19.5 Å². The zero-order chi connectivity index (χ0) is 16.4. The highest BCUT2D eigenvalue weighted by Gasteiger charge is 2.58. The van der Waals surface area contributed by atoms with E-state index < -0.39 is 35.6 Å². The van der Waals surface area contributed by atoms with E-state index in [-0.39, 0.29) is 5.15 Å². The van der Waals surface area contributed by atoms with E-state index in [0.29, 0.717) is 11.2 Å². The average Bonchev–Trinajstić information content (AvgIpc) is 3.09. The first kappa shape index (κ1) is 15.2. The summed E-state index contributed by atoms with van der Waals surface area (Å²) < 4.78 is 19.1. The van der Waals surface area contributed by atoms with E-state index in [9.17, 15) is 4.79 Å². The van der Waals surface area contributed by atoms with Crippen LogP contribution in [0.5, 0.6) is 0 Å². The highest BCUT2D eigenvalue weighted by Crippen LogP contribution is 2.44. The van der Waals surface area contributed by atoms with Gasteiger partial charge in [0, 0.05) is 0 Å². The fourth-order valence-corrected chi connectivity index (χ4v) is 3.35. The van der Waals surface area contributed by atoms with Gasteiger partial charge in [0.05, 0.1) is 6.33 Å². The van der Waals surface area contributed by atoms with Crippen LogP contribution in [0.2, 0.25) is 5.15 Å². The zero-order valence-electron chi connectivity index (χ0n) is 12.1. The summed E-state index contributed by atoms with van der Waals surface area (Å²) in [6, 6.07) is 0. The summed E-state index contributed by atoms with van der Waals surface area (Å²) in [5.41, 5.74) is 0.915. The van der Waals surface area contributed by atoms with Crippen LogP contribution in [0.25, 0.3) is 11.2 Å². The molecule has 4 rings (SSSR count). The van der Waals surface area contributed by atoms with Gasteiger partial charge < -0.3 is 14.2 Å². The van der Waals surface area contributed by atoms with Gasteiger partial charge in [0.25, 0.3) is 5.24 Å². The van der Waals surface area contributed by atoms with Crippen LogP contribution >= 0.6 is 23.2 Å². The van der Waals surface area contributed by atoms with Crippen molar-refractivity contribution in [2.75, 3.05) is 0 Å². The number of imidazole rings is 1. The van der Waals surface area contributed by atoms with E-state index >= 15 is 0 Å². The summed E-state index contributed by atoms with van der Waals surface area (Å²) in [7, 11) is 0. The Balaban J connectivity index is 1.78. The Morgan fingerprint density at radius 2 is 2.00 bits per heavy atom. The molecule has 2 unspecified atom stereocenters. The molecular formula is C13H12Cl2N4O4. The molecule has 0 aromatic carbocycles. The topological polar surface area (TPSA) is 88.4 Å². The first-order valence-electron chi connectivity index (χ1n) is 6.91. The number of ether oxygens (including phenoxy) is 3. The lowest BCUT2D eigenvalue weighted by Gasteiger charge is -2.23. The van der Waals surface area contributed by atoms with Crippen LogP contribution in [0.3, 0.4) is 0 Å². The van der Waals surface area contributed by atoms with Crippen LogP contribution in [0.4, 0.5) is 0 Å². The van der Waals surface area contributed by atoms with E-state index in [1.807, 2.05) is 0 Å². The molecule has 23 heavy (non-hydrogen) atoms. The number of nitrogens with zero attached hydrogens (tertiary/aromatic N) is 4. The zero-order valence-corrected chi connectivity index (χ0v) is 13.7. The summed E-state index contributed by atoms with van der Waals surface area (Å²) in [5.74, 6) is -0.842. The highest BCUT2D eigenvalue weighted by atomic mass is 35.5. The van der Waals surface area contributed by atoms with E-state index in [2.05, 4.69) is 15.0 Å². The van der Waals surface area contributed by atoms with E-state index in [4.69, 9.17) is 37.4 Å². The van der Waals surface area contributed by atoms with Crippen LogP contribution in [-0.4, -0.2) is 48.9 Å². The summed E-state index contributed by atoms with van der Waals surface area (Å²) in [6.07, 6.45) is 0.130. The van der Waals surface area contributed by atoms with Gasteiger partial charge in [-0.25, -0.2) is 15.0 Å². The van der Waals surface area contributed by atoms with Crippen molar-refractivity contribution in [3.8, 4) is 0 Å². The molecule has 0 N–H and O–H groups in total. The quantitative estimate of drug-likeness (QED) is 0.595. The Bertz CT molecular complexity index is 795. The molecule has 2 fully saturated rings. The Labute approximate surface area is 140 Å². The smallest absolute Gasteiger partial charge is 0.253 e.